The van der Waals surface area contributed by atoms with E-state index in [2.05, 4.69) is 15.9 Å². The van der Waals surface area contributed by atoms with Gasteiger partial charge >= 0.3 is 0 Å². The largest absolute Gasteiger partial charge is 0.467 e. The highest BCUT2D eigenvalue weighted by Crippen LogP contribution is 2.35. The van der Waals surface area contributed by atoms with Gasteiger partial charge in [0, 0.05) is 15.6 Å². The molecule has 3 nitrogen and oxygen atoms in total. The summed E-state index contributed by atoms with van der Waals surface area (Å²) in [5.74, 6) is 0.793. The third-order valence-electron chi connectivity index (χ3n) is 2.36. The molecule has 4 heteroatoms. The van der Waals surface area contributed by atoms with Gasteiger partial charge in [0.15, 0.2) is 6.79 Å². The fourth-order valence-corrected chi connectivity index (χ4v) is 2.44. The lowest BCUT2D eigenvalue weighted by molar-refractivity contribution is -0.0169. The minimum absolute atomic E-state index is 0.278. The fourth-order valence-electron chi connectivity index (χ4n) is 1.57. The number of fused-ring (bicyclic) bond motifs is 1. The molecule has 0 aromatic heterocycles. The van der Waals surface area contributed by atoms with Crippen LogP contribution in [0, 0.1) is 0 Å². The van der Waals surface area contributed by atoms with Gasteiger partial charge in [0.05, 0.1) is 12.2 Å². The molecule has 1 aliphatic rings. The molecule has 1 aromatic carbocycles. The van der Waals surface area contributed by atoms with Crippen LogP contribution in [0.4, 0.5) is 0 Å². The van der Waals surface area contributed by atoms with Gasteiger partial charge in [0.1, 0.15) is 5.75 Å². The van der Waals surface area contributed by atoms with Crippen molar-refractivity contribution in [1.29, 1.82) is 0 Å². The lowest BCUT2D eigenvalue weighted by atomic mass is 9.96. The first-order valence-corrected chi connectivity index (χ1v) is 5.53. The van der Waals surface area contributed by atoms with E-state index in [1.165, 1.54) is 0 Å². The lowest BCUT2D eigenvalue weighted by Gasteiger charge is -2.24. The number of benzene rings is 1. The molecule has 0 radical (unpaired) electrons. The highest BCUT2D eigenvalue weighted by molar-refractivity contribution is 9.10. The molecular formula is C11H13BrO3. The monoisotopic (exact) mass is 272 g/mol. The molecule has 0 saturated heterocycles. The van der Waals surface area contributed by atoms with Crippen molar-refractivity contribution in [3.05, 3.63) is 27.7 Å². The Morgan fingerprint density at radius 1 is 1.40 bits per heavy atom. The van der Waals surface area contributed by atoms with Crippen LogP contribution in [0.15, 0.2) is 16.6 Å². The number of hydrogen-bond donors (Lipinski definition) is 1. The van der Waals surface area contributed by atoms with Gasteiger partial charge in [-0.3, -0.25) is 0 Å². The van der Waals surface area contributed by atoms with Crippen LogP contribution in [0.5, 0.6) is 5.75 Å². The van der Waals surface area contributed by atoms with Crippen LogP contribution in [0.2, 0.25) is 0 Å². The van der Waals surface area contributed by atoms with E-state index in [0.717, 1.165) is 21.3 Å². The van der Waals surface area contributed by atoms with Crippen molar-refractivity contribution in [2.24, 2.45) is 0 Å². The van der Waals surface area contributed by atoms with Gasteiger partial charge in [-0.2, -0.15) is 0 Å². The molecule has 2 rings (SSSR count). The molecule has 1 aromatic rings. The number of aliphatic hydroxyl groups is 1. The van der Waals surface area contributed by atoms with Gasteiger partial charge in [-0.25, -0.2) is 0 Å². The Labute approximate surface area is 97.1 Å². The summed E-state index contributed by atoms with van der Waals surface area (Å²) >= 11 is 3.44. The van der Waals surface area contributed by atoms with Crippen LogP contribution < -0.4 is 4.74 Å². The predicted octanol–water partition coefficient (Wildman–Crippen LogP) is 2.54. The number of halogens is 1. The standard InChI is InChI=1S/C11H13BrO3/c1-11(2,13)8-4-10-7(3-9(8)12)5-14-6-15-10/h3-4,13H,5-6H2,1-2H3. The number of hydrogen-bond acceptors (Lipinski definition) is 3. The molecule has 0 unspecified atom stereocenters. The van der Waals surface area contributed by atoms with Crippen LogP contribution in [-0.4, -0.2) is 11.9 Å². The summed E-state index contributed by atoms with van der Waals surface area (Å²) in [4.78, 5) is 0. The second-order valence-corrected chi connectivity index (χ2v) is 4.96. The van der Waals surface area contributed by atoms with Gasteiger partial charge < -0.3 is 14.6 Å². The Bertz CT molecular complexity index is 382. The maximum atomic E-state index is 9.95. The average molecular weight is 273 g/mol. The summed E-state index contributed by atoms with van der Waals surface area (Å²) in [5.41, 5.74) is 0.944. The Hall–Kier alpha value is -0.580. The molecule has 0 spiro atoms. The van der Waals surface area contributed by atoms with E-state index >= 15 is 0 Å². The van der Waals surface area contributed by atoms with Crippen molar-refractivity contribution in [2.75, 3.05) is 6.79 Å². The smallest absolute Gasteiger partial charge is 0.189 e. The van der Waals surface area contributed by atoms with Gasteiger partial charge in [-0.15, -0.1) is 0 Å². The summed E-state index contributed by atoms with van der Waals surface area (Å²) < 4.78 is 11.4. The van der Waals surface area contributed by atoms with Crippen molar-refractivity contribution < 1.29 is 14.6 Å². The van der Waals surface area contributed by atoms with Crippen LogP contribution in [0.3, 0.4) is 0 Å². The zero-order valence-electron chi connectivity index (χ0n) is 8.71. The minimum atomic E-state index is -0.879. The second-order valence-electron chi connectivity index (χ2n) is 4.11. The highest BCUT2D eigenvalue weighted by Gasteiger charge is 2.23. The fraction of sp³-hybridized carbons (Fsp3) is 0.455. The highest BCUT2D eigenvalue weighted by atomic mass is 79.9. The average Bonchev–Trinajstić information content (AvgIpc) is 2.15. The van der Waals surface area contributed by atoms with E-state index < -0.39 is 5.60 Å². The van der Waals surface area contributed by atoms with Crippen molar-refractivity contribution in [3.63, 3.8) is 0 Å². The first-order valence-electron chi connectivity index (χ1n) is 4.74. The summed E-state index contributed by atoms with van der Waals surface area (Å²) in [7, 11) is 0. The van der Waals surface area contributed by atoms with Gasteiger partial charge in [0.25, 0.3) is 0 Å². The quantitative estimate of drug-likeness (QED) is 0.854. The third kappa shape index (κ3) is 2.17. The Morgan fingerprint density at radius 3 is 2.80 bits per heavy atom. The first kappa shape index (κ1) is 10.9. The summed E-state index contributed by atoms with van der Waals surface area (Å²) in [6.07, 6.45) is 0. The molecule has 82 valence electrons. The van der Waals surface area contributed by atoms with Crippen molar-refractivity contribution >= 4 is 15.9 Å². The molecular weight excluding hydrogens is 260 g/mol. The van der Waals surface area contributed by atoms with E-state index in [0.29, 0.717) is 6.61 Å². The zero-order chi connectivity index (χ0) is 11.1. The Kier molecular flexibility index (Phi) is 2.75. The molecule has 0 bridgehead atoms. The first-order chi connectivity index (χ1) is 6.98. The van der Waals surface area contributed by atoms with E-state index in [-0.39, 0.29) is 6.79 Å². The minimum Gasteiger partial charge on any atom is -0.467 e. The van der Waals surface area contributed by atoms with E-state index in [4.69, 9.17) is 9.47 Å². The maximum Gasteiger partial charge on any atom is 0.189 e. The summed E-state index contributed by atoms with van der Waals surface area (Å²) in [5, 5.41) is 9.95. The SMILES string of the molecule is CC(C)(O)c1cc2c(cc1Br)COCO2. The lowest BCUT2D eigenvalue weighted by Crippen LogP contribution is -2.18. The molecule has 1 heterocycles. The number of ether oxygens (including phenoxy) is 2. The van der Waals surface area contributed by atoms with Crippen molar-refractivity contribution in [2.45, 2.75) is 26.1 Å². The molecule has 0 fully saturated rings. The molecule has 15 heavy (non-hydrogen) atoms. The molecule has 0 atom stereocenters. The third-order valence-corrected chi connectivity index (χ3v) is 3.02. The summed E-state index contributed by atoms with van der Waals surface area (Å²) in [6, 6.07) is 3.80. The molecule has 0 amide bonds. The van der Waals surface area contributed by atoms with Crippen LogP contribution >= 0.6 is 15.9 Å². The molecule has 1 aliphatic heterocycles. The van der Waals surface area contributed by atoms with Crippen molar-refractivity contribution in [3.8, 4) is 5.75 Å². The van der Waals surface area contributed by atoms with E-state index in [9.17, 15) is 5.11 Å². The van der Waals surface area contributed by atoms with E-state index in [1.807, 2.05) is 12.1 Å². The molecule has 0 saturated carbocycles. The summed E-state index contributed by atoms with van der Waals surface area (Å²) in [6.45, 7) is 4.33. The zero-order valence-corrected chi connectivity index (χ0v) is 10.3. The van der Waals surface area contributed by atoms with Crippen molar-refractivity contribution in [1.82, 2.24) is 0 Å². The second kappa shape index (κ2) is 3.77. The topological polar surface area (TPSA) is 38.7 Å². The van der Waals surface area contributed by atoms with Gasteiger partial charge in [0.2, 0.25) is 0 Å². The van der Waals surface area contributed by atoms with Crippen LogP contribution in [0.1, 0.15) is 25.0 Å². The molecule has 1 N–H and O–H groups in total. The predicted molar refractivity (Wildman–Crippen MR) is 59.7 cm³/mol. The van der Waals surface area contributed by atoms with Crippen LogP contribution in [0.25, 0.3) is 0 Å². The van der Waals surface area contributed by atoms with Crippen LogP contribution in [-0.2, 0) is 16.9 Å². The number of rotatable bonds is 1. The van der Waals surface area contributed by atoms with Gasteiger partial charge in [-0.05, 0) is 26.0 Å². The maximum absolute atomic E-state index is 9.95. The Morgan fingerprint density at radius 2 is 2.13 bits per heavy atom. The normalized spacial score (nSPS) is 15.7. The van der Waals surface area contributed by atoms with E-state index in [1.54, 1.807) is 13.8 Å². The van der Waals surface area contributed by atoms with Gasteiger partial charge in [-0.1, -0.05) is 15.9 Å². The molecule has 0 aliphatic carbocycles. The Balaban J connectivity index is 2.50.